The lowest BCUT2D eigenvalue weighted by Gasteiger charge is -2.32. The Balaban J connectivity index is 1.73. The van der Waals surface area contributed by atoms with Crippen molar-refractivity contribution in [2.24, 2.45) is 0 Å². The minimum Gasteiger partial charge on any atom is -0.496 e. The highest BCUT2D eigenvalue weighted by molar-refractivity contribution is 7.89. The van der Waals surface area contributed by atoms with Gasteiger partial charge in [0.1, 0.15) is 12.3 Å². The zero-order chi connectivity index (χ0) is 20.4. The van der Waals surface area contributed by atoms with Crippen LogP contribution in [0.5, 0.6) is 5.75 Å². The molecule has 0 amide bonds. The summed E-state index contributed by atoms with van der Waals surface area (Å²) in [4.78, 5) is 0.468. The third kappa shape index (κ3) is 4.31. The minimum atomic E-state index is -4.72. The maximum Gasteiger partial charge on any atom is 0.417 e. The van der Waals surface area contributed by atoms with Gasteiger partial charge >= 0.3 is 6.18 Å². The Morgan fingerprint density at radius 1 is 1.04 bits per heavy atom. The van der Waals surface area contributed by atoms with Crippen molar-refractivity contribution < 1.29 is 31.2 Å². The number of nitrogens with one attached hydrogen (secondary N) is 1. The van der Waals surface area contributed by atoms with E-state index in [1.165, 1.54) is 12.1 Å². The molecule has 0 aliphatic carbocycles. The van der Waals surface area contributed by atoms with Crippen LogP contribution >= 0.6 is 0 Å². The molecule has 0 bridgehead atoms. The maximum atomic E-state index is 13.2. The van der Waals surface area contributed by atoms with Crippen molar-refractivity contribution in [3.8, 4) is 5.75 Å². The number of para-hydroxylation sites is 1. The van der Waals surface area contributed by atoms with Gasteiger partial charge in [0.15, 0.2) is 0 Å². The first-order valence-electron chi connectivity index (χ1n) is 8.85. The Bertz CT molecular complexity index is 924. The number of quaternary nitrogens is 1. The van der Waals surface area contributed by atoms with Crippen LogP contribution in [0.2, 0.25) is 0 Å². The molecule has 152 valence electrons. The van der Waals surface area contributed by atoms with Crippen molar-refractivity contribution in [3.63, 3.8) is 0 Å². The zero-order valence-corrected chi connectivity index (χ0v) is 16.2. The van der Waals surface area contributed by atoms with Gasteiger partial charge in [0.25, 0.3) is 0 Å². The monoisotopic (exact) mass is 415 g/mol. The van der Waals surface area contributed by atoms with Crippen molar-refractivity contribution in [2.45, 2.75) is 17.6 Å². The van der Waals surface area contributed by atoms with E-state index >= 15 is 0 Å². The third-order valence-corrected chi connectivity index (χ3v) is 6.83. The molecule has 9 heteroatoms. The van der Waals surface area contributed by atoms with Crippen LogP contribution in [0, 0.1) is 0 Å². The highest BCUT2D eigenvalue weighted by Crippen LogP contribution is 2.35. The van der Waals surface area contributed by atoms with E-state index in [1.807, 2.05) is 24.3 Å². The molecular weight excluding hydrogens is 393 g/mol. The van der Waals surface area contributed by atoms with Crippen LogP contribution in [0.15, 0.2) is 53.4 Å². The number of rotatable bonds is 5. The zero-order valence-electron chi connectivity index (χ0n) is 15.4. The van der Waals surface area contributed by atoms with Crippen LogP contribution in [0.1, 0.15) is 11.1 Å². The van der Waals surface area contributed by atoms with E-state index in [2.05, 4.69) is 0 Å². The molecule has 1 fully saturated rings. The number of hydrogen-bond donors (Lipinski definition) is 1. The summed E-state index contributed by atoms with van der Waals surface area (Å²) in [6, 6.07) is 11.9. The second kappa shape index (κ2) is 8.10. The van der Waals surface area contributed by atoms with Gasteiger partial charge in [0.05, 0.1) is 43.7 Å². The number of hydrogen-bond acceptors (Lipinski definition) is 3. The Kier molecular flexibility index (Phi) is 5.97. The van der Waals surface area contributed by atoms with Crippen molar-refractivity contribution in [2.75, 3.05) is 33.3 Å². The molecule has 1 aliphatic heterocycles. The molecule has 0 aromatic heterocycles. The van der Waals surface area contributed by atoms with Crippen LogP contribution in [0.4, 0.5) is 13.2 Å². The first-order chi connectivity index (χ1) is 13.2. The van der Waals surface area contributed by atoms with Gasteiger partial charge < -0.3 is 9.64 Å². The van der Waals surface area contributed by atoms with Gasteiger partial charge in [-0.25, -0.2) is 8.42 Å². The van der Waals surface area contributed by atoms with Gasteiger partial charge in [0.2, 0.25) is 10.0 Å². The second-order valence-corrected chi connectivity index (χ2v) is 8.54. The normalized spacial score (nSPS) is 16.9. The summed E-state index contributed by atoms with van der Waals surface area (Å²) < 4.78 is 71.8. The molecule has 0 unspecified atom stereocenters. The van der Waals surface area contributed by atoms with E-state index in [1.54, 1.807) is 7.11 Å². The predicted molar refractivity (Wildman–Crippen MR) is 97.6 cm³/mol. The van der Waals surface area contributed by atoms with E-state index in [0.29, 0.717) is 19.6 Å². The molecule has 1 aliphatic rings. The fraction of sp³-hybridized carbons (Fsp3) is 0.368. The summed E-state index contributed by atoms with van der Waals surface area (Å²) in [5.74, 6) is 0.768. The standard InChI is InChI=1S/C19H21F3N2O3S/c1-27-17-8-4-2-6-15(17)14-23-10-12-24(13-11-23)28(25,26)18-9-5-3-7-16(18)19(20,21)22/h2-9H,10-14H2,1H3/p+1. The largest absolute Gasteiger partial charge is 0.496 e. The van der Waals surface area contributed by atoms with Crippen LogP contribution in [-0.4, -0.2) is 46.0 Å². The number of nitrogens with zero attached hydrogens (tertiary/aromatic N) is 1. The lowest BCUT2D eigenvalue weighted by atomic mass is 10.2. The quantitative estimate of drug-likeness (QED) is 0.811. The maximum absolute atomic E-state index is 13.2. The first-order valence-corrected chi connectivity index (χ1v) is 10.3. The predicted octanol–water partition coefficient (Wildman–Crippen LogP) is 1.80. The number of benzene rings is 2. The average molecular weight is 415 g/mol. The molecule has 0 spiro atoms. The number of halogens is 3. The number of sulfonamides is 1. The first kappa shape index (κ1) is 20.6. The molecule has 5 nitrogen and oxygen atoms in total. The van der Waals surface area contributed by atoms with E-state index in [4.69, 9.17) is 4.74 Å². The summed E-state index contributed by atoms with van der Waals surface area (Å²) in [5, 5.41) is 0. The Hall–Kier alpha value is -2.10. The van der Waals surface area contributed by atoms with Crippen LogP contribution in [0.3, 0.4) is 0 Å². The average Bonchev–Trinajstić information content (AvgIpc) is 2.68. The van der Waals surface area contributed by atoms with Gasteiger partial charge in [-0.05, 0) is 24.3 Å². The SMILES string of the molecule is COc1ccccc1C[NH+]1CCN(S(=O)(=O)c2ccccc2C(F)(F)F)CC1. The molecule has 1 N–H and O–H groups in total. The minimum absolute atomic E-state index is 0.166. The molecule has 0 radical (unpaired) electrons. The topological polar surface area (TPSA) is 51.1 Å². The summed E-state index contributed by atoms with van der Waals surface area (Å²) >= 11 is 0. The Morgan fingerprint density at radius 2 is 1.64 bits per heavy atom. The molecule has 28 heavy (non-hydrogen) atoms. The molecule has 3 rings (SSSR count). The van der Waals surface area contributed by atoms with Gasteiger partial charge in [0, 0.05) is 5.56 Å². The smallest absolute Gasteiger partial charge is 0.417 e. The van der Waals surface area contributed by atoms with E-state index in [-0.39, 0.29) is 13.1 Å². The molecular formula is C19H22F3N2O3S+. The van der Waals surface area contributed by atoms with Gasteiger partial charge in [-0.15, -0.1) is 0 Å². The van der Waals surface area contributed by atoms with Crippen molar-refractivity contribution in [3.05, 3.63) is 59.7 Å². The van der Waals surface area contributed by atoms with Crippen molar-refractivity contribution in [1.82, 2.24) is 4.31 Å². The molecule has 0 atom stereocenters. The number of alkyl halides is 3. The summed E-state index contributed by atoms with van der Waals surface area (Å²) in [6.07, 6.45) is -4.72. The summed E-state index contributed by atoms with van der Waals surface area (Å²) in [7, 11) is -2.62. The highest BCUT2D eigenvalue weighted by Gasteiger charge is 2.40. The summed E-state index contributed by atoms with van der Waals surface area (Å²) in [6.45, 7) is 2.01. The molecule has 1 heterocycles. The number of methoxy groups -OCH3 is 1. The van der Waals surface area contributed by atoms with Gasteiger partial charge in [-0.1, -0.05) is 24.3 Å². The highest BCUT2D eigenvalue weighted by atomic mass is 32.2. The molecule has 2 aromatic rings. The Labute approximate surface area is 162 Å². The van der Waals surface area contributed by atoms with E-state index < -0.39 is 26.7 Å². The van der Waals surface area contributed by atoms with Gasteiger partial charge in [-0.2, -0.15) is 17.5 Å². The fourth-order valence-corrected chi connectivity index (χ4v) is 5.06. The molecule has 0 saturated carbocycles. The second-order valence-electron chi connectivity index (χ2n) is 6.64. The summed E-state index contributed by atoms with van der Waals surface area (Å²) in [5.41, 5.74) is -0.113. The van der Waals surface area contributed by atoms with Crippen LogP contribution < -0.4 is 9.64 Å². The van der Waals surface area contributed by atoms with Crippen molar-refractivity contribution in [1.29, 1.82) is 0 Å². The molecule has 1 saturated heterocycles. The van der Waals surface area contributed by atoms with E-state index in [0.717, 1.165) is 32.7 Å². The van der Waals surface area contributed by atoms with Crippen molar-refractivity contribution >= 4 is 10.0 Å². The number of piperazine rings is 1. The number of ether oxygens (including phenoxy) is 1. The van der Waals surface area contributed by atoms with Crippen LogP contribution in [-0.2, 0) is 22.7 Å². The molecule has 2 aromatic carbocycles. The Morgan fingerprint density at radius 3 is 2.29 bits per heavy atom. The van der Waals surface area contributed by atoms with Crippen LogP contribution in [0.25, 0.3) is 0 Å². The fourth-order valence-electron chi connectivity index (χ4n) is 3.40. The lowest BCUT2D eigenvalue weighted by molar-refractivity contribution is -0.917. The lowest BCUT2D eigenvalue weighted by Crippen LogP contribution is -3.13. The van der Waals surface area contributed by atoms with E-state index in [9.17, 15) is 21.6 Å². The third-order valence-electron chi connectivity index (χ3n) is 4.87. The van der Waals surface area contributed by atoms with Gasteiger partial charge in [-0.3, -0.25) is 0 Å².